The fourth-order valence-electron chi connectivity index (χ4n) is 1.32. The van der Waals surface area contributed by atoms with Crippen molar-refractivity contribution in [1.29, 1.82) is 0 Å². The van der Waals surface area contributed by atoms with Crippen molar-refractivity contribution >= 4 is 15.9 Å². The number of likely N-dealkylation sites (N-methyl/N-ethyl adjacent to an activating group) is 1. The first-order valence-corrected chi connectivity index (χ1v) is 5.40. The van der Waals surface area contributed by atoms with Crippen molar-refractivity contribution in [3.8, 4) is 12.3 Å². The van der Waals surface area contributed by atoms with Gasteiger partial charge in [0.15, 0.2) is 0 Å². The first-order valence-electron chi connectivity index (χ1n) is 4.61. The van der Waals surface area contributed by atoms with Gasteiger partial charge in [-0.2, -0.15) is 0 Å². The zero-order valence-corrected chi connectivity index (χ0v) is 9.84. The van der Waals surface area contributed by atoms with E-state index in [1.54, 1.807) is 0 Å². The lowest BCUT2D eigenvalue weighted by atomic mass is 10.0. The van der Waals surface area contributed by atoms with Crippen LogP contribution in [-0.4, -0.2) is 13.1 Å². The van der Waals surface area contributed by atoms with Crippen molar-refractivity contribution in [3.05, 3.63) is 34.3 Å². The molecule has 1 aromatic carbocycles. The Bertz CT molecular complexity index is 310. The topological polar surface area (TPSA) is 12.0 Å². The van der Waals surface area contributed by atoms with Gasteiger partial charge < -0.3 is 5.32 Å². The molecule has 0 radical (unpaired) electrons. The second kappa shape index (κ2) is 5.85. The first-order chi connectivity index (χ1) is 6.76. The highest BCUT2D eigenvalue weighted by Crippen LogP contribution is 2.12. The van der Waals surface area contributed by atoms with Gasteiger partial charge in [-0.15, -0.1) is 12.3 Å². The van der Waals surface area contributed by atoms with E-state index in [0.29, 0.717) is 6.04 Å². The standard InChI is InChI=1S/C12H14BrN/c1-3-4-12(14-2)9-10-5-7-11(13)8-6-10/h1,5-8,12,14H,4,9H2,2H3. The molecule has 1 unspecified atom stereocenters. The molecule has 0 aliphatic carbocycles. The summed E-state index contributed by atoms with van der Waals surface area (Å²) in [5.74, 6) is 2.68. The minimum Gasteiger partial charge on any atom is -0.316 e. The molecule has 0 aliphatic rings. The lowest BCUT2D eigenvalue weighted by molar-refractivity contribution is 0.573. The lowest BCUT2D eigenvalue weighted by Gasteiger charge is -2.12. The zero-order chi connectivity index (χ0) is 10.4. The Morgan fingerprint density at radius 2 is 2.07 bits per heavy atom. The molecule has 0 bridgehead atoms. The molecule has 1 nitrogen and oxygen atoms in total. The SMILES string of the molecule is C#CCC(Cc1ccc(Br)cc1)NC. The summed E-state index contributed by atoms with van der Waals surface area (Å²) in [5.41, 5.74) is 1.31. The number of hydrogen-bond acceptors (Lipinski definition) is 1. The van der Waals surface area contributed by atoms with E-state index in [9.17, 15) is 0 Å². The molecule has 2 heteroatoms. The molecule has 1 rings (SSSR count). The monoisotopic (exact) mass is 251 g/mol. The van der Waals surface area contributed by atoms with E-state index in [2.05, 4.69) is 51.4 Å². The highest BCUT2D eigenvalue weighted by atomic mass is 79.9. The van der Waals surface area contributed by atoms with Crippen LogP contribution >= 0.6 is 15.9 Å². The molecule has 0 saturated carbocycles. The minimum absolute atomic E-state index is 0.376. The van der Waals surface area contributed by atoms with Gasteiger partial charge in [-0.25, -0.2) is 0 Å². The van der Waals surface area contributed by atoms with Gasteiger partial charge in [-0.3, -0.25) is 0 Å². The summed E-state index contributed by atoms with van der Waals surface area (Å²) in [6.45, 7) is 0. The molecular weight excluding hydrogens is 238 g/mol. The van der Waals surface area contributed by atoms with E-state index >= 15 is 0 Å². The first kappa shape index (κ1) is 11.3. The average molecular weight is 252 g/mol. The molecule has 1 aromatic rings. The third-order valence-electron chi connectivity index (χ3n) is 2.17. The summed E-state index contributed by atoms with van der Waals surface area (Å²) in [6, 6.07) is 8.72. The summed E-state index contributed by atoms with van der Waals surface area (Å²) in [6.07, 6.45) is 7.04. The van der Waals surface area contributed by atoms with Crippen molar-refractivity contribution in [1.82, 2.24) is 5.32 Å². The molecule has 74 valence electrons. The molecular formula is C12H14BrN. The van der Waals surface area contributed by atoms with Gasteiger partial charge in [0.25, 0.3) is 0 Å². The number of rotatable bonds is 4. The maximum atomic E-state index is 5.29. The van der Waals surface area contributed by atoms with Crippen molar-refractivity contribution < 1.29 is 0 Å². The summed E-state index contributed by atoms with van der Waals surface area (Å²) >= 11 is 3.41. The predicted molar refractivity (Wildman–Crippen MR) is 64.1 cm³/mol. The molecule has 1 atom stereocenters. The predicted octanol–water partition coefficient (Wildman–Crippen LogP) is 2.60. The highest BCUT2D eigenvalue weighted by Gasteiger charge is 2.04. The van der Waals surface area contributed by atoms with Crippen LogP contribution in [0.15, 0.2) is 28.7 Å². The molecule has 0 fully saturated rings. The molecule has 0 aliphatic heterocycles. The molecule has 0 saturated heterocycles. The average Bonchev–Trinajstić information content (AvgIpc) is 2.20. The Kier molecular flexibility index (Phi) is 4.72. The molecule has 0 spiro atoms. The molecule has 0 heterocycles. The van der Waals surface area contributed by atoms with Gasteiger partial charge in [-0.1, -0.05) is 28.1 Å². The highest BCUT2D eigenvalue weighted by molar-refractivity contribution is 9.10. The van der Waals surface area contributed by atoms with E-state index in [-0.39, 0.29) is 0 Å². The number of nitrogens with one attached hydrogen (secondary N) is 1. The van der Waals surface area contributed by atoms with Gasteiger partial charge in [0, 0.05) is 16.9 Å². The van der Waals surface area contributed by atoms with Crippen LogP contribution < -0.4 is 5.32 Å². The van der Waals surface area contributed by atoms with Crippen LogP contribution in [0.5, 0.6) is 0 Å². The van der Waals surface area contributed by atoms with Gasteiger partial charge in [0.2, 0.25) is 0 Å². The van der Waals surface area contributed by atoms with E-state index in [0.717, 1.165) is 17.3 Å². The van der Waals surface area contributed by atoms with Gasteiger partial charge in [0.1, 0.15) is 0 Å². The summed E-state index contributed by atoms with van der Waals surface area (Å²) in [7, 11) is 1.95. The fraction of sp³-hybridized carbons (Fsp3) is 0.333. The Hall–Kier alpha value is -0.780. The largest absolute Gasteiger partial charge is 0.316 e. The Labute approximate surface area is 94.0 Å². The fourth-order valence-corrected chi connectivity index (χ4v) is 1.59. The number of hydrogen-bond donors (Lipinski definition) is 1. The van der Waals surface area contributed by atoms with Crippen LogP contribution in [0.3, 0.4) is 0 Å². The maximum absolute atomic E-state index is 5.29. The van der Waals surface area contributed by atoms with E-state index in [1.807, 2.05) is 7.05 Å². The third-order valence-corrected chi connectivity index (χ3v) is 2.70. The minimum atomic E-state index is 0.376. The Balaban J connectivity index is 2.59. The lowest BCUT2D eigenvalue weighted by Crippen LogP contribution is -2.26. The van der Waals surface area contributed by atoms with Crippen molar-refractivity contribution in [2.45, 2.75) is 18.9 Å². The van der Waals surface area contributed by atoms with Crippen LogP contribution in [0.2, 0.25) is 0 Å². The third kappa shape index (κ3) is 3.53. The van der Waals surface area contributed by atoms with E-state index in [1.165, 1.54) is 5.56 Å². The van der Waals surface area contributed by atoms with Gasteiger partial charge >= 0.3 is 0 Å². The molecule has 0 aromatic heterocycles. The molecule has 14 heavy (non-hydrogen) atoms. The van der Waals surface area contributed by atoms with E-state index < -0.39 is 0 Å². The second-order valence-electron chi connectivity index (χ2n) is 3.22. The number of halogens is 1. The Morgan fingerprint density at radius 3 is 2.57 bits per heavy atom. The van der Waals surface area contributed by atoms with Crippen molar-refractivity contribution in [2.75, 3.05) is 7.05 Å². The quantitative estimate of drug-likeness (QED) is 0.812. The van der Waals surface area contributed by atoms with Crippen molar-refractivity contribution in [2.24, 2.45) is 0 Å². The summed E-state index contributed by atoms with van der Waals surface area (Å²) in [4.78, 5) is 0. The van der Waals surface area contributed by atoms with Crippen LogP contribution in [-0.2, 0) is 6.42 Å². The van der Waals surface area contributed by atoms with Crippen LogP contribution in [0.1, 0.15) is 12.0 Å². The summed E-state index contributed by atoms with van der Waals surface area (Å²) in [5, 5.41) is 3.21. The summed E-state index contributed by atoms with van der Waals surface area (Å²) < 4.78 is 1.11. The normalized spacial score (nSPS) is 12.1. The number of benzene rings is 1. The number of terminal acetylenes is 1. The molecule has 0 amide bonds. The van der Waals surface area contributed by atoms with Crippen LogP contribution in [0.4, 0.5) is 0 Å². The van der Waals surface area contributed by atoms with Crippen molar-refractivity contribution in [3.63, 3.8) is 0 Å². The van der Waals surface area contributed by atoms with Crippen LogP contribution in [0, 0.1) is 12.3 Å². The van der Waals surface area contributed by atoms with E-state index in [4.69, 9.17) is 6.42 Å². The second-order valence-corrected chi connectivity index (χ2v) is 4.14. The Morgan fingerprint density at radius 1 is 1.43 bits per heavy atom. The zero-order valence-electron chi connectivity index (χ0n) is 8.26. The van der Waals surface area contributed by atoms with Crippen LogP contribution in [0.25, 0.3) is 0 Å². The molecule has 1 N–H and O–H groups in total. The van der Waals surface area contributed by atoms with Gasteiger partial charge in [0.05, 0.1) is 0 Å². The smallest absolute Gasteiger partial charge is 0.0243 e. The maximum Gasteiger partial charge on any atom is 0.0243 e. The van der Waals surface area contributed by atoms with Gasteiger partial charge in [-0.05, 0) is 31.2 Å².